The van der Waals surface area contributed by atoms with Crippen molar-refractivity contribution < 1.29 is 14.7 Å². The van der Waals surface area contributed by atoms with Gasteiger partial charge in [0.1, 0.15) is 0 Å². The molecule has 0 radical (unpaired) electrons. The molecule has 1 atom stereocenters. The summed E-state index contributed by atoms with van der Waals surface area (Å²) in [6.07, 6.45) is 5.04. The number of hydrogen-bond donors (Lipinski definition) is 1. The number of aliphatic carboxylic acids is 1. The van der Waals surface area contributed by atoms with E-state index in [4.69, 9.17) is 5.11 Å². The summed E-state index contributed by atoms with van der Waals surface area (Å²) < 4.78 is 0. The number of hydrogen-bond acceptors (Lipinski definition) is 2. The Bertz CT molecular complexity index is 527. The predicted molar refractivity (Wildman–Crippen MR) is 85.7 cm³/mol. The summed E-state index contributed by atoms with van der Waals surface area (Å²) in [7, 11) is 0. The first-order chi connectivity index (χ1) is 10.6. The van der Waals surface area contributed by atoms with Crippen molar-refractivity contribution in [1.29, 1.82) is 0 Å². The van der Waals surface area contributed by atoms with Crippen molar-refractivity contribution in [3.05, 3.63) is 35.4 Å². The first-order valence-electron chi connectivity index (χ1n) is 8.13. The lowest BCUT2D eigenvalue weighted by Gasteiger charge is -2.36. The van der Waals surface area contributed by atoms with Gasteiger partial charge in [-0.3, -0.25) is 9.59 Å². The molecule has 1 heterocycles. The monoisotopic (exact) mass is 303 g/mol. The normalized spacial score (nSPS) is 18.2. The smallest absolute Gasteiger partial charge is 0.303 e. The fraction of sp³-hybridized carbons (Fsp3) is 0.556. The van der Waals surface area contributed by atoms with E-state index in [2.05, 4.69) is 19.1 Å². The molecule has 1 saturated heterocycles. The molecule has 0 unspecified atom stereocenters. The third-order valence-corrected chi connectivity index (χ3v) is 4.51. The van der Waals surface area contributed by atoms with Gasteiger partial charge in [-0.2, -0.15) is 0 Å². The highest BCUT2D eigenvalue weighted by molar-refractivity contribution is 5.77. The van der Waals surface area contributed by atoms with Crippen LogP contribution in [0.25, 0.3) is 0 Å². The highest BCUT2D eigenvalue weighted by atomic mass is 16.4. The van der Waals surface area contributed by atoms with Crippen molar-refractivity contribution in [2.24, 2.45) is 0 Å². The number of rotatable bonds is 6. The molecular weight excluding hydrogens is 278 g/mol. The van der Waals surface area contributed by atoms with Crippen LogP contribution in [-0.4, -0.2) is 34.5 Å². The van der Waals surface area contributed by atoms with Gasteiger partial charge in [0, 0.05) is 25.4 Å². The minimum absolute atomic E-state index is 0.106. The van der Waals surface area contributed by atoms with Crippen LogP contribution in [0.2, 0.25) is 0 Å². The molecular formula is C18H25NO3. The average Bonchev–Trinajstić information content (AvgIpc) is 2.52. The van der Waals surface area contributed by atoms with E-state index >= 15 is 0 Å². The zero-order chi connectivity index (χ0) is 15.9. The van der Waals surface area contributed by atoms with Crippen LogP contribution in [0.1, 0.15) is 49.7 Å². The minimum atomic E-state index is -0.780. The summed E-state index contributed by atoms with van der Waals surface area (Å²) in [6.45, 7) is 2.84. The molecule has 1 aromatic rings. The third kappa shape index (κ3) is 4.58. The van der Waals surface area contributed by atoms with Gasteiger partial charge >= 0.3 is 5.97 Å². The molecule has 1 fully saturated rings. The van der Waals surface area contributed by atoms with Gasteiger partial charge in [0.05, 0.1) is 0 Å². The predicted octanol–water partition coefficient (Wildman–Crippen LogP) is 3.17. The Balaban J connectivity index is 1.91. The largest absolute Gasteiger partial charge is 0.481 e. The highest BCUT2D eigenvalue weighted by Crippen LogP contribution is 2.22. The Labute approximate surface area is 132 Å². The van der Waals surface area contributed by atoms with Gasteiger partial charge in [-0.25, -0.2) is 0 Å². The van der Waals surface area contributed by atoms with Crippen LogP contribution < -0.4 is 0 Å². The molecule has 120 valence electrons. The summed E-state index contributed by atoms with van der Waals surface area (Å²) in [4.78, 5) is 25.2. The molecule has 22 heavy (non-hydrogen) atoms. The number of benzene rings is 1. The summed E-state index contributed by atoms with van der Waals surface area (Å²) >= 11 is 0. The second kappa shape index (κ2) is 7.97. The van der Waals surface area contributed by atoms with E-state index in [1.807, 2.05) is 17.0 Å². The molecule has 0 bridgehead atoms. The van der Waals surface area contributed by atoms with Crippen LogP contribution in [0, 0.1) is 6.92 Å². The van der Waals surface area contributed by atoms with Crippen molar-refractivity contribution >= 4 is 11.9 Å². The van der Waals surface area contributed by atoms with E-state index in [1.165, 1.54) is 11.1 Å². The van der Waals surface area contributed by atoms with Crippen LogP contribution in [0.5, 0.6) is 0 Å². The number of nitrogens with zero attached hydrogens (tertiary/aromatic N) is 1. The lowest BCUT2D eigenvalue weighted by molar-refractivity contribution is -0.140. The van der Waals surface area contributed by atoms with Crippen molar-refractivity contribution in [3.63, 3.8) is 0 Å². The van der Waals surface area contributed by atoms with E-state index in [9.17, 15) is 9.59 Å². The van der Waals surface area contributed by atoms with Crippen molar-refractivity contribution in [3.8, 4) is 0 Å². The third-order valence-electron chi connectivity index (χ3n) is 4.51. The number of amides is 1. The molecule has 2 rings (SSSR count). The molecule has 4 nitrogen and oxygen atoms in total. The Morgan fingerprint density at radius 2 is 2.00 bits per heavy atom. The highest BCUT2D eigenvalue weighted by Gasteiger charge is 2.26. The average molecular weight is 303 g/mol. The standard InChI is InChI=1S/C18H25NO3/c1-14-6-2-3-7-15(14)9-11-17(20)19-13-5-4-8-16(19)10-12-18(21)22/h2-3,6-7,16H,4-5,8-13H2,1H3,(H,21,22)/t16-/m0/s1. The summed E-state index contributed by atoms with van der Waals surface area (Å²) in [5.41, 5.74) is 2.44. The maximum absolute atomic E-state index is 12.5. The van der Waals surface area contributed by atoms with Crippen molar-refractivity contribution in [1.82, 2.24) is 4.90 Å². The molecule has 1 N–H and O–H groups in total. The second-order valence-electron chi connectivity index (χ2n) is 6.10. The van der Waals surface area contributed by atoms with Crippen LogP contribution in [0.3, 0.4) is 0 Å². The molecule has 1 aliphatic heterocycles. The first kappa shape index (κ1) is 16.5. The Morgan fingerprint density at radius 3 is 2.73 bits per heavy atom. The second-order valence-corrected chi connectivity index (χ2v) is 6.10. The molecule has 0 spiro atoms. The molecule has 4 heteroatoms. The Kier molecular flexibility index (Phi) is 5.99. The van der Waals surface area contributed by atoms with Gasteiger partial charge in [-0.05, 0) is 50.2 Å². The van der Waals surface area contributed by atoms with Crippen LogP contribution in [0.15, 0.2) is 24.3 Å². The number of carbonyl (C=O) groups is 2. The van der Waals surface area contributed by atoms with E-state index in [0.29, 0.717) is 12.8 Å². The zero-order valence-electron chi connectivity index (χ0n) is 13.3. The van der Waals surface area contributed by atoms with Crippen LogP contribution in [0.4, 0.5) is 0 Å². The van der Waals surface area contributed by atoms with Crippen molar-refractivity contribution in [2.75, 3.05) is 6.54 Å². The van der Waals surface area contributed by atoms with Gasteiger partial charge in [-0.15, -0.1) is 0 Å². The quantitative estimate of drug-likeness (QED) is 0.878. The number of carbonyl (C=O) groups excluding carboxylic acids is 1. The fourth-order valence-corrected chi connectivity index (χ4v) is 3.19. The number of likely N-dealkylation sites (tertiary alicyclic amines) is 1. The maximum atomic E-state index is 12.5. The topological polar surface area (TPSA) is 57.6 Å². The van der Waals surface area contributed by atoms with Gasteiger partial charge in [0.15, 0.2) is 0 Å². The zero-order valence-corrected chi connectivity index (χ0v) is 13.3. The van der Waals surface area contributed by atoms with Crippen molar-refractivity contribution in [2.45, 2.75) is 57.9 Å². The number of carboxylic acids is 1. The van der Waals surface area contributed by atoms with E-state index in [1.54, 1.807) is 0 Å². The van der Waals surface area contributed by atoms with Gasteiger partial charge < -0.3 is 10.0 Å². The van der Waals surface area contributed by atoms with Gasteiger partial charge in [0.2, 0.25) is 5.91 Å². The van der Waals surface area contributed by atoms with Gasteiger partial charge in [-0.1, -0.05) is 24.3 Å². The van der Waals surface area contributed by atoms with E-state index in [-0.39, 0.29) is 18.4 Å². The minimum Gasteiger partial charge on any atom is -0.481 e. The number of piperidine rings is 1. The molecule has 1 aromatic carbocycles. The van der Waals surface area contributed by atoms with Crippen LogP contribution >= 0.6 is 0 Å². The van der Waals surface area contributed by atoms with E-state index < -0.39 is 5.97 Å². The number of aryl methyl sites for hydroxylation is 2. The maximum Gasteiger partial charge on any atom is 0.303 e. The molecule has 0 aromatic heterocycles. The lowest BCUT2D eigenvalue weighted by Crippen LogP contribution is -2.44. The molecule has 1 aliphatic rings. The lowest BCUT2D eigenvalue weighted by atomic mass is 9.96. The number of carboxylic acid groups (broad SMARTS) is 1. The SMILES string of the molecule is Cc1ccccc1CCC(=O)N1CCCC[C@H]1CCC(=O)O. The molecule has 0 saturated carbocycles. The summed E-state index contributed by atoms with van der Waals surface area (Å²) in [6, 6.07) is 8.25. The Hall–Kier alpha value is -1.84. The summed E-state index contributed by atoms with van der Waals surface area (Å²) in [5.74, 6) is -0.615. The summed E-state index contributed by atoms with van der Waals surface area (Å²) in [5, 5.41) is 8.85. The fourth-order valence-electron chi connectivity index (χ4n) is 3.19. The van der Waals surface area contributed by atoms with Gasteiger partial charge in [0.25, 0.3) is 0 Å². The van der Waals surface area contributed by atoms with E-state index in [0.717, 1.165) is 32.2 Å². The molecule has 0 aliphatic carbocycles. The first-order valence-corrected chi connectivity index (χ1v) is 8.13. The Morgan fingerprint density at radius 1 is 1.23 bits per heavy atom. The van der Waals surface area contributed by atoms with Crippen LogP contribution in [-0.2, 0) is 16.0 Å². The molecule has 1 amide bonds.